The Kier molecular flexibility index (Phi) is 4.19. The summed E-state index contributed by atoms with van der Waals surface area (Å²) in [5, 5.41) is 0. The molecule has 0 bridgehead atoms. The van der Waals surface area contributed by atoms with Gasteiger partial charge in [-0.25, -0.2) is 9.37 Å². The topological polar surface area (TPSA) is 53.1 Å². The van der Waals surface area contributed by atoms with Gasteiger partial charge in [0.1, 0.15) is 12.4 Å². The van der Waals surface area contributed by atoms with Crippen molar-refractivity contribution in [3.8, 4) is 0 Å². The summed E-state index contributed by atoms with van der Waals surface area (Å²) in [6, 6.07) is 2.67. The van der Waals surface area contributed by atoms with E-state index >= 15 is 0 Å². The highest BCUT2D eigenvalue weighted by Crippen LogP contribution is 2.25. The van der Waals surface area contributed by atoms with Crippen LogP contribution in [0.15, 0.2) is 16.6 Å². The molecule has 1 aromatic carbocycles. The number of hydrogen-bond acceptors (Lipinski definition) is 3. The minimum Gasteiger partial charge on any atom is -0.370 e. The summed E-state index contributed by atoms with van der Waals surface area (Å²) in [7, 11) is 0. The molecule has 0 aliphatic rings. The van der Waals surface area contributed by atoms with Crippen LogP contribution >= 0.6 is 15.9 Å². The van der Waals surface area contributed by atoms with Gasteiger partial charge in [-0.1, -0.05) is 0 Å². The third kappa shape index (κ3) is 3.40. The van der Waals surface area contributed by atoms with Crippen LogP contribution in [0.4, 0.5) is 23.5 Å². The zero-order chi connectivity index (χ0) is 14.9. The highest BCUT2D eigenvalue weighted by molar-refractivity contribution is 9.10. The van der Waals surface area contributed by atoms with E-state index in [1.807, 2.05) is 0 Å². The van der Waals surface area contributed by atoms with Crippen LogP contribution in [-0.4, -0.2) is 28.9 Å². The number of rotatable bonds is 4. The first-order chi connectivity index (χ1) is 9.28. The molecule has 4 nitrogen and oxygen atoms in total. The summed E-state index contributed by atoms with van der Waals surface area (Å²) in [6.07, 6.45) is -4.38. The van der Waals surface area contributed by atoms with Gasteiger partial charge in [0, 0.05) is 12.6 Å². The van der Waals surface area contributed by atoms with E-state index < -0.39 is 18.6 Å². The van der Waals surface area contributed by atoms with Gasteiger partial charge in [0.05, 0.1) is 22.1 Å². The Hall–Kier alpha value is -1.35. The van der Waals surface area contributed by atoms with E-state index in [4.69, 9.17) is 5.73 Å². The standard InChI is InChI=1S/C11H10BrF4N3O/c12-6-3-8-9(4-7(6)13)19(10(17)18-8)1-2-20-5-11(14,15)16/h3-4H,1-2,5H2,(H2,17,18). The van der Waals surface area contributed by atoms with E-state index in [2.05, 4.69) is 25.7 Å². The second-order valence-corrected chi connectivity index (χ2v) is 4.90. The number of ether oxygens (including phenoxy) is 1. The Morgan fingerprint density at radius 3 is 2.70 bits per heavy atom. The van der Waals surface area contributed by atoms with Crippen LogP contribution in [0.1, 0.15) is 0 Å². The van der Waals surface area contributed by atoms with Gasteiger partial charge in [0.25, 0.3) is 0 Å². The van der Waals surface area contributed by atoms with Crippen LogP contribution in [0.2, 0.25) is 0 Å². The summed E-state index contributed by atoms with van der Waals surface area (Å²) in [5.41, 5.74) is 6.51. The number of aromatic nitrogens is 2. The normalized spacial score (nSPS) is 12.2. The fourth-order valence-corrected chi connectivity index (χ4v) is 2.05. The highest BCUT2D eigenvalue weighted by atomic mass is 79.9. The van der Waals surface area contributed by atoms with Gasteiger partial charge in [0.15, 0.2) is 0 Å². The molecule has 0 atom stereocenters. The lowest BCUT2D eigenvalue weighted by Crippen LogP contribution is -2.19. The molecule has 9 heteroatoms. The van der Waals surface area contributed by atoms with Crippen molar-refractivity contribution in [3.63, 3.8) is 0 Å². The molecule has 0 radical (unpaired) electrons. The van der Waals surface area contributed by atoms with Crippen molar-refractivity contribution < 1.29 is 22.3 Å². The van der Waals surface area contributed by atoms with Crippen molar-refractivity contribution in [1.29, 1.82) is 0 Å². The predicted octanol–water partition coefficient (Wildman–Crippen LogP) is 3.10. The third-order valence-corrected chi connectivity index (χ3v) is 3.15. The van der Waals surface area contributed by atoms with E-state index in [1.54, 1.807) is 0 Å². The number of nitrogens with zero attached hydrogens (tertiary/aromatic N) is 2. The van der Waals surface area contributed by atoms with Gasteiger partial charge < -0.3 is 15.0 Å². The van der Waals surface area contributed by atoms with Crippen molar-refractivity contribution in [1.82, 2.24) is 9.55 Å². The zero-order valence-electron chi connectivity index (χ0n) is 10.0. The number of imidazole rings is 1. The number of nitrogens with two attached hydrogens (primary N) is 1. The van der Waals surface area contributed by atoms with E-state index in [-0.39, 0.29) is 23.6 Å². The maximum atomic E-state index is 13.5. The smallest absolute Gasteiger partial charge is 0.370 e. The molecule has 0 spiro atoms. The Morgan fingerprint density at radius 1 is 1.35 bits per heavy atom. The van der Waals surface area contributed by atoms with Crippen LogP contribution < -0.4 is 5.73 Å². The van der Waals surface area contributed by atoms with Gasteiger partial charge in [-0.05, 0) is 22.0 Å². The number of nitrogen functional groups attached to an aromatic ring is 1. The number of hydrogen-bond donors (Lipinski definition) is 1. The van der Waals surface area contributed by atoms with Crippen molar-refractivity contribution in [2.75, 3.05) is 18.9 Å². The van der Waals surface area contributed by atoms with Crippen molar-refractivity contribution in [2.45, 2.75) is 12.7 Å². The fraction of sp³-hybridized carbons (Fsp3) is 0.364. The van der Waals surface area contributed by atoms with E-state index in [0.29, 0.717) is 11.0 Å². The maximum absolute atomic E-state index is 13.5. The molecule has 0 amide bonds. The molecule has 2 N–H and O–H groups in total. The number of halogens is 5. The minimum atomic E-state index is -4.38. The molecule has 0 unspecified atom stereocenters. The minimum absolute atomic E-state index is 0.0550. The summed E-state index contributed by atoms with van der Waals surface area (Å²) in [6.45, 7) is -1.48. The SMILES string of the molecule is Nc1nc2cc(Br)c(F)cc2n1CCOCC(F)(F)F. The second-order valence-electron chi connectivity index (χ2n) is 4.04. The van der Waals surface area contributed by atoms with Crippen LogP contribution in [-0.2, 0) is 11.3 Å². The molecule has 0 aliphatic heterocycles. The fourth-order valence-electron chi connectivity index (χ4n) is 1.72. The molecular formula is C11H10BrF4N3O. The molecule has 110 valence electrons. The van der Waals surface area contributed by atoms with Crippen LogP contribution in [0.5, 0.6) is 0 Å². The predicted molar refractivity (Wildman–Crippen MR) is 68.7 cm³/mol. The zero-order valence-corrected chi connectivity index (χ0v) is 11.6. The molecule has 0 saturated carbocycles. The Balaban J connectivity index is 2.14. The van der Waals surface area contributed by atoms with Gasteiger partial charge in [-0.3, -0.25) is 0 Å². The lowest BCUT2D eigenvalue weighted by atomic mass is 10.3. The number of fused-ring (bicyclic) bond motifs is 1. The summed E-state index contributed by atoms with van der Waals surface area (Å²) in [5.74, 6) is -0.414. The average Bonchev–Trinajstić information content (AvgIpc) is 2.60. The number of anilines is 1. The molecule has 0 aliphatic carbocycles. The summed E-state index contributed by atoms with van der Waals surface area (Å²) in [4.78, 5) is 4.01. The van der Waals surface area contributed by atoms with Gasteiger partial charge in [-0.15, -0.1) is 0 Å². The first-order valence-electron chi connectivity index (χ1n) is 5.53. The van der Waals surface area contributed by atoms with E-state index in [1.165, 1.54) is 16.7 Å². The van der Waals surface area contributed by atoms with Crippen LogP contribution in [0.25, 0.3) is 11.0 Å². The lowest BCUT2D eigenvalue weighted by molar-refractivity contribution is -0.174. The van der Waals surface area contributed by atoms with Crippen LogP contribution in [0.3, 0.4) is 0 Å². The third-order valence-electron chi connectivity index (χ3n) is 2.54. The lowest BCUT2D eigenvalue weighted by Gasteiger charge is -2.09. The molecular weight excluding hydrogens is 346 g/mol. The second kappa shape index (κ2) is 5.57. The quantitative estimate of drug-likeness (QED) is 0.677. The van der Waals surface area contributed by atoms with Crippen molar-refractivity contribution in [3.05, 3.63) is 22.4 Å². The largest absolute Gasteiger partial charge is 0.411 e. The first-order valence-corrected chi connectivity index (χ1v) is 6.32. The number of benzene rings is 1. The summed E-state index contributed by atoms with van der Waals surface area (Å²) < 4.78 is 55.4. The highest BCUT2D eigenvalue weighted by Gasteiger charge is 2.27. The molecule has 1 aromatic heterocycles. The molecule has 1 heterocycles. The van der Waals surface area contributed by atoms with Gasteiger partial charge in [-0.2, -0.15) is 13.2 Å². The Labute approximate surface area is 119 Å². The molecule has 2 aromatic rings. The van der Waals surface area contributed by atoms with E-state index in [9.17, 15) is 17.6 Å². The molecule has 0 fully saturated rings. The average molecular weight is 356 g/mol. The molecule has 20 heavy (non-hydrogen) atoms. The van der Waals surface area contributed by atoms with Crippen molar-refractivity contribution >= 4 is 32.9 Å². The number of alkyl halides is 3. The van der Waals surface area contributed by atoms with Gasteiger partial charge >= 0.3 is 6.18 Å². The molecule has 2 rings (SSSR count). The van der Waals surface area contributed by atoms with E-state index in [0.717, 1.165) is 0 Å². The summed E-state index contributed by atoms with van der Waals surface area (Å²) >= 11 is 3.02. The Bertz CT molecular complexity index is 626. The Morgan fingerprint density at radius 2 is 2.05 bits per heavy atom. The maximum Gasteiger partial charge on any atom is 0.411 e. The van der Waals surface area contributed by atoms with Crippen LogP contribution in [0, 0.1) is 5.82 Å². The monoisotopic (exact) mass is 355 g/mol. The molecule has 0 saturated heterocycles. The first kappa shape index (κ1) is 15.0. The van der Waals surface area contributed by atoms with Crippen molar-refractivity contribution in [2.24, 2.45) is 0 Å². The van der Waals surface area contributed by atoms with Gasteiger partial charge in [0.2, 0.25) is 5.95 Å².